The summed E-state index contributed by atoms with van der Waals surface area (Å²) in [7, 11) is 0. The zero-order valence-electron chi connectivity index (χ0n) is 16.3. The number of hydrogen-bond acceptors (Lipinski definition) is 4. The van der Waals surface area contributed by atoms with Crippen LogP contribution in [0.5, 0.6) is 5.75 Å². The van der Waals surface area contributed by atoms with Gasteiger partial charge in [0.25, 0.3) is 5.91 Å². The highest BCUT2D eigenvalue weighted by molar-refractivity contribution is 6.30. The van der Waals surface area contributed by atoms with Crippen LogP contribution in [0, 0.1) is 5.92 Å². The Kier molecular flexibility index (Phi) is 7.08. The van der Waals surface area contributed by atoms with Crippen LogP contribution in [0.2, 0.25) is 5.02 Å². The van der Waals surface area contributed by atoms with E-state index in [2.05, 4.69) is 17.2 Å². The number of carbonyl (C=O) groups excluding carboxylic acids is 3. The third-order valence-corrected chi connectivity index (χ3v) is 4.81. The topological polar surface area (TPSA) is 87.7 Å². The second kappa shape index (κ2) is 9.93. The predicted molar refractivity (Wildman–Crippen MR) is 116 cm³/mol. The zero-order chi connectivity index (χ0) is 21.5. The fourth-order valence-corrected chi connectivity index (χ4v) is 3.18. The molecule has 0 radical (unpaired) electrons. The molecule has 1 aliphatic rings. The Morgan fingerprint density at radius 2 is 1.87 bits per heavy atom. The third kappa shape index (κ3) is 5.61. The van der Waals surface area contributed by atoms with Crippen molar-refractivity contribution in [1.29, 1.82) is 0 Å². The summed E-state index contributed by atoms with van der Waals surface area (Å²) in [5.74, 6) is -0.450. The molecule has 2 N–H and O–H groups in total. The molecule has 2 aromatic rings. The minimum atomic E-state index is -0.384. The first-order valence-corrected chi connectivity index (χ1v) is 9.81. The molecular weight excluding hydrogens is 406 g/mol. The normalized spacial score (nSPS) is 15.6. The van der Waals surface area contributed by atoms with Gasteiger partial charge in [0, 0.05) is 35.9 Å². The van der Waals surface area contributed by atoms with Crippen molar-refractivity contribution in [3.05, 3.63) is 66.2 Å². The summed E-state index contributed by atoms with van der Waals surface area (Å²) in [6, 6.07) is 13.6. The molecule has 1 atom stereocenters. The molecule has 0 bridgehead atoms. The SMILES string of the molecule is C=CCNC(=O)[C@H]1CC(=O)N(c2ccc(OCC(=O)Nc3ccc(Cl)cc3)cc2)C1. The molecular formula is C22H22ClN3O4. The standard InChI is InChI=1S/C22H22ClN3O4/c1-2-11-24-22(29)15-12-21(28)26(13-15)18-7-9-19(10-8-18)30-14-20(27)25-17-5-3-16(23)4-6-17/h2-10,15H,1,11-14H2,(H,24,29)(H,25,27)/t15-/m0/s1. The molecule has 0 saturated carbocycles. The van der Waals surface area contributed by atoms with E-state index in [1.165, 1.54) is 0 Å². The Hall–Kier alpha value is -3.32. The molecule has 1 fully saturated rings. The van der Waals surface area contributed by atoms with Crippen LogP contribution in [-0.4, -0.2) is 37.4 Å². The number of ether oxygens (including phenoxy) is 1. The lowest BCUT2D eigenvalue weighted by Crippen LogP contribution is -2.32. The van der Waals surface area contributed by atoms with E-state index in [1.54, 1.807) is 59.5 Å². The van der Waals surface area contributed by atoms with Gasteiger partial charge in [0.2, 0.25) is 11.8 Å². The van der Waals surface area contributed by atoms with E-state index in [0.29, 0.717) is 35.2 Å². The van der Waals surface area contributed by atoms with Gasteiger partial charge in [0.05, 0.1) is 5.92 Å². The Morgan fingerprint density at radius 1 is 1.17 bits per heavy atom. The summed E-state index contributed by atoms with van der Waals surface area (Å²) in [6.07, 6.45) is 1.77. The van der Waals surface area contributed by atoms with Crippen LogP contribution in [0.25, 0.3) is 0 Å². The molecule has 1 heterocycles. The van der Waals surface area contributed by atoms with E-state index in [9.17, 15) is 14.4 Å². The second-order valence-electron chi connectivity index (χ2n) is 6.78. The maximum absolute atomic E-state index is 12.3. The van der Waals surface area contributed by atoms with Crippen molar-refractivity contribution in [3.63, 3.8) is 0 Å². The number of anilines is 2. The molecule has 2 aromatic carbocycles. The Bertz CT molecular complexity index is 928. The number of nitrogens with zero attached hydrogens (tertiary/aromatic N) is 1. The molecule has 7 nitrogen and oxygen atoms in total. The summed E-state index contributed by atoms with van der Waals surface area (Å²) in [4.78, 5) is 37.9. The van der Waals surface area contributed by atoms with E-state index >= 15 is 0 Å². The molecule has 1 saturated heterocycles. The van der Waals surface area contributed by atoms with Gasteiger partial charge in [-0.2, -0.15) is 0 Å². The van der Waals surface area contributed by atoms with Crippen molar-refractivity contribution in [2.75, 3.05) is 29.9 Å². The Morgan fingerprint density at radius 3 is 2.53 bits per heavy atom. The smallest absolute Gasteiger partial charge is 0.262 e. The minimum absolute atomic E-state index is 0.107. The first-order chi connectivity index (χ1) is 14.5. The molecule has 3 rings (SSSR count). The molecule has 0 aromatic heterocycles. The fourth-order valence-electron chi connectivity index (χ4n) is 3.05. The van der Waals surface area contributed by atoms with E-state index < -0.39 is 0 Å². The highest BCUT2D eigenvalue weighted by Crippen LogP contribution is 2.27. The molecule has 3 amide bonds. The van der Waals surface area contributed by atoms with E-state index in [-0.39, 0.29) is 36.7 Å². The van der Waals surface area contributed by atoms with Crippen LogP contribution < -0.4 is 20.3 Å². The van der Waals surface area contributed by atoms with Gasteiger partial charge in [-0.3, -0.25) is 14.4 Å². The summed E-state index contributed by atoms with van der Waals surface area (Å²) >= 11 is 5.82. The maximum Gasteiger partial charge on any atom is 0.262 e. The molecule has 30 heavy (non-hydrogen) atoms. The average molecular weight is 428 g/mol. The van der Waals surface area contributed by atoms with Gasteiger partial charge < -0.3 is 20.3 Å². The third-order valence-electron chi connectivity index (χ3n) is 4.56. The molecule has 1 aliphatic heterocycles. The molecule has 0 spiro atoms. The van der Waals surface area contributed by atoms with Crippen LogP contribution in [0.15, 0.2) is 61.2 Å². The average Bonchev–Trinajstić information content (AvgIpc) is 3.14. The van der Waals surface area contributed by atoms with Crippen LogP contribution in [0.3, 0.4) is 0 Å². The summed E-state index contributed by atoms with van der Waals surface area (Å²) in [6.45, 7) is 4.11. The number of amides is 3. The second-order valence-corrected chi connectivity index (χ2v) is 7.21. The van der Waals surface area contributed by atoms with Gasteiger partial charge in [-0.05, 0) is 48.5 Å². The van der Waals surface area contributed by atoms with Crippen molar-refractivity contribution >= 4 is 40.7 Å². The maximum atomic E-state index is 12.3. The van der Waals surface area contributed by atoms with Crippen molar-refractivity contribution < 1.29 is 19.1 Å². The number of hydrogen-bond donors (Lipinski definition) is 2. The fraction of sp³-hybridized carbons (Fsp3) is 0.227. The van der Waals surface area contributed by atoms with Crippen LogP contribution >= 0.6 is 11.6 Å². The Balaban J connectivity index is 1.51. The van der Waals surface area contributed by atoms with E-state index in [0.717, 1.165) is 0 Å². The molecule has 8 heteroatoms. The lowest BCUT2D eigenvalue weighted by atomic mass is 10.1. The van der Waals surface area contributed by atoms with Gasteiger partial charge in [-0.1, -0.05) is 17.7 Å². The van der Waals surface area contributed by atoms with Gasteiger partial charge in [-0.25, -0.2) is 0 Å². The summed E-state index contributed by atoms with van der Waals surface area (Å²) < 4.78 is 5.50. The van der Waals surface area contributed by atoms with Crippen molar-refractivity contribution in [3.8, 4) is 5.75 Å². The first kappa shape index (κ1) is 21.4. The van der Waals surface area contributed by atoms with Crippen molar-refractivity contribution in [2.24, 2.45) is 5.92 Å². The van der Waals surface area contributed by atoms with Crippen molar-refractivity contribution in [1.82, 2.24) is 5.32 Å². The number of carbonyl (C=O) groups is 3. The van der Waals surface area contributed by atoms with Crippen molar-refractivity contribution in [2.45, 2.75) is 6.42 Å². The van der Waals surface area contributed by atoms with Gasteiger partial charge in [0.1, 0.15) is 5.75 Å². The van der Waals surface area contributed by atoms with E-state index in [1.807, 2.05) is 0 Å². The highest BCUT2D eigenvalue weighted by atomic mass is 35.5. The highest BCUT2D eigenvalue weighted by Gasteiger charge is 2.34. The number of nitrogens with one attached hydrogen (secondary N) is 2. The molecule has 156 valence electrons. The van der Waals surface area contributed by atoms with Gasteiger partial charge in [-0.15, -0.1) is 6.58 Å². The van der Waals surface area contributed by atoms with Crippen LogP contribution in [0.1, 0.15) is 6.42 Å². The van der Waals surface area contributed by atoms with Gasteiger partial charge in [0.15, 0.2) is 6.61 Å². The number of benzene rings is 2. The lowest BCUT2D eigenvalue weighted by Gasteiger charge is -2.17. The Labute approximate surface area is 179 Å². The first-order valence-electron chi connectivity index (χ1n) is 9.43. The molecule has 0 aliphatic carbocycles. The monoisotopic (exact) mass is 427 g/mol. The quantitative estimate of drug-likeness (QED) is 0.634. The van der Waals surface area contributed by atoms with Crippen LogP contribution in [0.4, 0.5) is 11.4 Å². The summed E-state index contributed by atoms with van der Waals surface area (Å²) in [5.41, 5.74) is 1.31. The number of rotatable bonds is 8. The van der Waals surface area contributed by atoms with Gasteiger partial charge >= 0.3 is 0 Å². The zero-order valence-corrected chi connectivity index (χ0v) is 17.0. The molecule has 0 unspecified atom stereocenters. The lowest BCUT2D eigenvalue weighted by molar-refractivity contribution is -0.126. The number of halogens is 1. The largest absolute Gasteiger partial charge is 0.484 e. The van der Waals surface area contributed by atoms with Crippen LogP contribution in [-0.2, 0) is 14.4 Å². The van der Waals surface area contributed by atoms with E-state index in [4.69, 9.17) is 16.3 Å². The minimum Gasteiger partial charge on any atom is -0.484 e. The summed E-state index contributed by atoms with van der Waals surface area (Å²) in [5, 5.41) is 6.02. The predicted octanol–water partition coefficient (Wildman–Crippen LogP) is 3.01.